The number of nitrogens with zero attached hydrogens (tertiary/aromatic N) is 2. The van der Waals surface area contributed by atoms with E-state index in [1.807, 2.05) is 30.3 Å². The average molecular weight is 349 g/mol. The summed E-state index contributed by atoms with van der Waals surface area (Å²) in [6.45, 7) is 5.28. The van der Waals surface area contributed by atoms with E-state index < -0.39 is 5.60 Å². The fraction of sp³-hybridized carbons (Fsp3) is 0.500. The number of aliphatic hydroxyl groups is 1. The molecule has 1 aromatic carbocycles. The number of rotatable bonds is 5. The molecule has 1 saturated heterocycles. The van der Waals surface area contributed by atoms with Crippen LogP contribution in [0.1, 0.15) is 29.8 Å². The highest BCUT2D eigenvalue weighted by Crippen LogP contribution is 2.26. The molecule has 1 fully saturated rings. The summed E-state index contributed by atoms with van der Waals surface area (Å²) in [7, 11) is 0. The summed E-state index contributed by atoms with van der Waals surface area (Å²) in [5.41, 5.74) is 3.40. The SMILES string of the molecule is Cc1nn(-c2ccc(F)cc2)c(C)c1CNCC1(O)CCSCC1. The van der Waals surface area contributed by atoms with Crippen LogP contribution in [0.25, 0.3) is 5.69 Å². The standard InChI is InChI=1S/C18H24FN3OS/c1-13-17(11-20-12-18(23)7-9-24-10-8-18)14(2)22(21-13)16-5-3-15(19)4-6-16/h3-6,20,23H,7-12H2,1-2H3. The first-order chi connectivity index (χ1) is 11.5. The Kier molecular flexibility index (Phi) is 5.27. The molecule has 130 valence electrons. The second-order valence-corrected chi connectivity index (χ2v) is 7.70. The van der Waals surface area contributed by atoms with Crippen LogP contribution in [0.2, 0.25) is 0 Å². The predicted octanol–water partition coefficient (Wildman–Crippen LogP) is 2.98. The van der Waals surface area contributed by atoms with Crippen molar-refractivity contribution in [3.05, 3.63) is 47.0 Å². The van der Waals surface area contributed by atoms with Crippen LogP contribution in [0.3, 0.4) is 0 Å². The minimum atomic E-state index is -0.583. The van der Waals surface area contributed by atoms with Crippen molar-refractivity contribution in [2.75, 3.05) is 18.1 Å². The van der Waals surface area contributed by atoms with Gasteiger partial charge in [0.25, 0.3) is 0 Å². The van der Waals surface area contributed by atoms with Crippen molar-refractivity contribution in [2.24, 2.45) is 0 Å². The molecule has 2 aromatic rings. The molecule has 0 aliphatic carbocycles. The van der Waals surface area contributed by atoms with Crippen LogP contribution in [-0.2, 0) is 6.54 Å². The molecule has 3 rings (SSSR count). The molecule has 1 aliphatic heterocycles. The maximum absolute atomic E-state index is 13.1. The quantitative estimate of drug-likeness (QED) is 0.871. The zero-order chi connectivity index (χ0) is 17.2. The molecule has 0 radical (unpaired) electrons. The molecule has 0 atom stereocenters. The molecule has 1 aliphatic rings. The molecule has 0 unspecified atom stereocenters. The van der Waals surface area contributed by atoms with E-state index in [9.17, 15) is 9.50 Å². The Labute approximate surface area is 146 Å². The van der Waals surface area contributed by atoms with E-state index in [0.717, 1.165) is 47.0 Å². The van der Waals surface area contributed by atoms with Crippen LogP contribution in [0.4, 0.5) is 4.39 Å². The number of aromatic nitrogens is 2. The number of nitrogens with one attached hydrogen (secondary N) is 1. The van der Waals surface area contributed by atoms with Crippen LogP contribution in [-0.4, -0.2) is 38.5 Å². The average Bonchev–Trinajstić information content (AvgIpc) is 2.84. The molecular weight excluding hydrogens is 325 g/mol. The van der Waals surface area contributed by atoms with Crippen LogP contribution < -0.4 is 5.32 Å². The summed E-state index contributed by atoms with van der Waals surface area (Å²) in [5.74, 6) is 1.80. The Bertz CT molecular complexity index is 693. The fourth-order valence-corrected chi connectivity index (χ4v) is 4.37. The lowest BCUT2D eigenvalue weighted by Crippen LogP contribution is -2.43. The van der Waals surface area contributed by atoms with Crippen LogP contribution in [0.5, 0.6) is 0 Å². The first kappa shape index (κ1) is 17.5. The van der Waals surface area contributed by atoms with Crippen molar-refractivity contribution in [3.8, 4) is 5.69 Å². The molecule has 1 aromatic heterocycles. The van der Waals surface area contributed by atoms with E-state index in [2.05, 4.69) is 10.4 Å². The third-order valence-electron chi connectivity index (χ3n) is 4.69. The molecule has 24 heavy (non-hydrogen) atoms. The lowest BCUT2D eigenvalue weighted by molar-refractivity contribution is 0.0320. The summed E-state index contributed by atoms with van der Waals surface area (Å²) in [6, 6.07) is 6.35. The van der Waals surface area contributed by atoms with Crippen molar-refractivity contribution in [2.45, 2.75) is 38.8 Å². The highest BCUT2D eigenvalue weighted by molar-refractivity contribution is 7.99. The first-order valence-corrected chi connectivity index (χ1v) is 9.46. The summed E-state index contributed by atoms with van der Waals surface area (Å²) < 4.78 is 14.9. The third-order valence-corrected chi connectivity index (χ3v) is 5.68. The van der Waals surface area contributed by atoms with E-state index in [1.54, 1.807) is 12.1 Å². The maximum atomic E-state index is 13.1. The maximum Gasteiger partial charge on any atom is 0.123 e. The molecule has 6 heteroatoms. The van der Waals surface area contributed by atoms with E-state index >= 15 is 0 Å². The van der Waals surface area contributed by atoms with Crippen LogP contribution >= 0.6 is 11.8 Å². The monoisotopic (exact) mass is 349 g/mol. The van der Waals surface area contributed by atoms with Crippen LogP contribution in [0, 0.1) is 19.7 Å². The zero-order valence-electron chi connectivity index (χ0n) is 14.2. The number of aryl methyl sites for hydroxylation is 1. The van der Waals surface area contributed by atoms with Gasteiger partial charge in [0.05, 0.1) is 17.0 Å². The molecule has 0 bridgehead atoms. The topological polar surface area (TPSA) is 50.1 Å². The van der Waals surface area contributed by atoms with Gasteiger partial charge in [0.2, 0.25) is 0 Å². The molecular formula is C18H24FN3OS. The molecule has 4 nitrogen and oxygen atoms in total. The van der Waals surface area contributed by atoms with Crippen molar-refractivity contribution in [3.63, 3.8) is 0 Å². The van der Waals surface area contributed by atoms with Gasteiger partial charge in [-0.15, -0.1) is 0 Å². The zero-order valence-corrected chi connectivity index (χ0v) is 15.0. The van der Waals surface area contributed by atoms with Gasteiger partial charge in [-0.2, -0.15) is 16.9 Å². The minimum Gasteiger partial charge on any atom is -0.389 e. The first-order valence-electron chi connectivity index (χ1n) is 8.30. The lowest BCUT2D eigenvalue weighted by atomic mass is 9.97. The second kappa shape index (κ2) is 7.25. The Balaban J connectivity index is 1.69. The third kappa shape index (κ3) is 3.82. The highest BCUT2D eigenvalue weighted by atomic mass is 32.2. The van der Waals surface area contributed by atoms with Gasteiger partial charge in [0.15, 0.2) is 0 Å². The highest BCUT2D eigenvalue weighted by Gasteiger charge is 2.29. The molecule has 2 heterocycles. The number of hydrogen-bond acceptors (Lipinski definition) is 4. The van der Waals surface area contributed by atoms with Crippen molar-refractivity contribution < 1.29 is 9.50 Å². The normalized spacial score (nSPS) is 17.2. The Hall–Kier alpha value is -1.37. The van der Waals surface area contributed by atoms with Gasteiger partial charge in [-0.3, -0.25) is 0 Å². The summed E-state index contributed by atoms with van der Waals surface area (Å²) in [4.78, 5) is 0. The molecule has 0 amide bonds. The minimum absolute atomic E-state index is 0.249. The summed E-state index contributed by atoms with van der Waals surface area (Å²) >= 11 is 1.91. The Morgan fingerprint density at radius 1 is 1.25 bits per heavy atom. The van der Waals surface area contributed by atoms with E-state index in [-0.39, 0.29) is 5.82 Å². The van der Waals surface area contributed by atoms with Crippen molar-refractivity contribution in [1.82, 2.24) is 15.1 Å². The summed E-state index contributed by atoms with van der Waals surface area (Å²) in [6.07, 6.45) is 1.69. The summed E-state index contributed by atoms with van der Waals surface area (Å²) in [5, 5.41) is 18.5. The van der Waals surface area contributed by atoms with Crippen LogP contribution in [0.15, 0.2) is 24.3 Å². The largest absolute Gasteiger partial charge is 0.389 e. The van der Waals surface area contributed by atoms with E-state index in [0.29, 0.717) is 13.1 Å². The molecule has 0 spiro atoms. The van der Waals surface area contributed by atoms with E-state index in [1.165, 1.54) is 12.1 Å². The van der Waals surface area contributed by atoms with Gasteiger partial charge in [0, 0.05) is 24.3 Å². The van der Waals surface area contributed by atoms with Gasteiger partial charge in [-0.25, -0.2) is 9.07 Å². The Morgan fingerprint density at radius 2 is 1.92 bits per heavy atom. The number of hydrogen-bond donors (Lipinski definition) is 2. The van der Waals surface area contributed by atoms with Gasteiger partial charge in [-0.05, 0) is 62.5 Å². The molecule has 0 saturated carbocycles. The van der Waals surface area contributed by atoms with Crippen molar-refractivity contribution in [1.29, 1.82) is 0 Å². The van der Waals surface area contributed by atoms with Gasteiger partial charge >= 0.3 is 0 Å². The van der Waals surface area contributed by atoms with Gasteiger partial charge in [-0.1, -0.05) is 0 Å². The van der Waals surface area contributed by atoms with Gasteiger partial charge < -0.3 is 10.4 Å². The smallest absolute Gasteiger partial charge is 0.123 e. The van der Waals surface area contributed by atoms with E-state index in [4.69, 9.17) is 0 Å². The number of benzene rings is 1. The second-order valence-electron chi connectivity index (χ2n) is 6.48. The number of halogens is 1. The number of thioether (sulfide) groups is 1. The molecule has 2 N–H and O–H groups in total. The lowest BCUT2D eigenvalue weighted by Gasteiger charge is -2.32. The van der Waals surface area contributed by atoms with Gasteiger partial charge in [0.1, 0.15) is 5.82 Å². The van der Waals surface area contributed by atoms with Crippen molar-refractivity contribution >= 4 is 11.8 Å². The Morgan fingerprint density at radius 3 is 2.58 bits per heavy atom. The predicted molar refractivity (Wildman–Crippen MR) is 96.2 cm³/mol. The fourth-order valence-electron chi connectivity index (χ4n) is 3.11.